The van der Waals surface area contributed by atoms with Crippen LogP contribution in [-0.4, -0.2) is 93.5 Å². The Morgan fingerprint density at radius 1 is 0.978 bits per heavy atom. The van der Waals surface area contributed by atoms with Crippen LogP contribution in [0.1, 0.15) is 70.7 Å². The van der Waals surface area contributed by atoms with Crippen molar-refractivity contribution in [1.82, 2.24) is 20.4 Å². The molecule has 1 aliphatic carbocycles. The molecule has 1 saturated heterocycles. The number of benzene rings is 2. The van der Waals surface area contributed by atoms with Gasteiger partial charge in [0.25, 0.3) is 0 Å². The van der Waals surface area contributed by atoms with Gasteiger partial charge in [0.15, 0.2) is 0 Å². The first-order valence-electron chi connectivity index (χ1n) is 15.9. The molecule has 10 nitrogen and oxygen atoms in total. The smallest absolute Gasteiger partial charge is 0.410 e. The van der Waals surface area contributed by atoms with Crippen LogP contribution in [0.2, 0.25) is 0 Å². The largest absolute Gasteiger partial charge is 0.444 e. The fraction of sp³-hybridized carbons (Fsp3) is 0.571. The molecule has 0 saturated carbocycles. The van der Waals surface area contributed by atoms with Crippen molar-refractivity contribution in [2.45, 2.75) is 96.2 Å². The molecule has 2 aromatic rings. The summed E-state index contributed by atoms with van der Waals surface area (Å²) in [6, 6.07) is 16.1. The molecule has 0 aromatic heterocycles. The topological polar surface area (TPSA) is 131 Å². The second kappa shape index (κ2) is 14.3. The maximum Gasteiger partial charge on any atom is 0.410 e. The molecular weight excluding hydrogens is 572 g/mol. The van der Waals surface area contributed by atoms with E-state index in [1.54, 1.807) is 20.8 Å². The zero-order chi connectivity index (χ0) is 32.9. The van der Waals surface area contributed by atoms with Crippen molar-refractivity contribution in [1.29, 1.82) is 0 Å². The summed E-state index contributed by atoms with van der Waals surface area (Å²) >= 11 is 0. The minimum absolute atomic E-state index is 0.121. The Hall–Kier alpha value is -3.47. The summed E-state index contributed by atoms with van der Waals surface area (Å²) in [5, 5.41) is 28.3. The number of β-amino-alcohol motifs (C(OH)–C–C–N with tert-alkyl or cyclic N) is 1. The number of nitrogens with one attached hydrogen (secondary N) is 2. The number of carbonyl (C=O) groups is 3. The minimum atomic E-state index is -0.928. The van der Waals surface area contributed by atoms with Crippen LogP contribution in [0.3, 0.4) is 0 Å². The Labute approximate surface area is 267 Å². The second-order valence-electron chi connectivity index (χ2n) is 14.4. The monoisotopic (exact) mass is 622 g/mol. The molecule has 4 N–H and O–H groups in total. The van der Waals surface area contributed by atoms with Crippen molar-refractivity contribution in [2.75, 3.05) is 26.2 Å². The molecule has 0 radical (unpaired) electrons. The van der Waals surface area contributed by atoms with Crippen molar-refractivity contribution in [3.8, 4) is 0 Å². The molecule has 1 heterocycles. The SMILES string of the molecule is CC(C)(C)NC(=O)[C@@H]1CN(C(=O)OC(C)(C)C)CCN1C[C@@H](O)C[C@H](Cc1ccccc1)C(=O)N[C@H]1c2ccccc2C[C@H]1O. The van der Waals surface area contributed by atoms with Gasteiger partial charge >= 0.3 is 6.09 Å². The normalized spacial score (nSPS) is 21.9. The summed E-state index contributed by atoms with van der Waals surface area (Å²) in [6.07, 6.45) is -1.09. The molecular formula is C35H50N4O6. The van der Waals surface area contributed by atoms with Gasteiger partial charge in [-0.15, -0.1) is 0 Å². The average molecular weight is 623 g/mol. The molecule has 0 unspecified atom stereocenters. The quantitative estimate of drug-likeness (QED) is 0.338. The molecule has 10 heteroatoms. The van der Waals surface area contributed by atoms with Crippen molar-refractivity contribution in [3.05, 3.63) is 71.3 Å². The number of piperazine rings is 1. The predicted molar refractivity (Wildman–Crippen MR) is 172 cm³/mol. The highest BCUT2D eigenvalue weighted by atomic mass is 16.6. The lowest BCUT2D eigenvalue weighted by molar-refractivity contribution is -0.132. The van der Waals surface area contributed by atoms with Gasteiger partial charge in [0.1, 0.15) is 11.6 Å². The van der Waals surface area contributed by atoms with Crippen LogP contribution in [0.4, 0.5) is 4.79 Å². The fourth-order valence-corrected chi connectivity index (χ4v) is 6.11. The van der Waals surface area contributed by atoms with Gasteiger partial charge in [0.05, 0.1) is 18.2 Å². The molecule has 45 heavy (non-hydrogen) atoms. The number of rotatable bonds is 9. The Kier molecular flexibility index (Phi) is 10.9. The summed E-state index contributed by atoms with van der Waals surface area (Å²) in [7, 11) is 0. The van der Waals surface area contributed by atoms with Crippen LogP contribution < -0.4 is 10.6 Å². The summed E-state index contributed by atoms with van der Waals surface area (Å²) < 4.78 is 5.57. The lowest BCUT2D eigenvalue weighted by Gasteiger charge is -2.42. The van der Waals surface area contributed by atoms with Gasteiger partial charge in [-0.05, 0) is 71.1 Å². The van der Waals surface area contributed by atoms with E-state index in [1.165, 1.54) is 4.90 Å². The third kappa shape index (κ3) is 9.76. The Bertz CT molecular complexity index is 1320. The van der Waals surface area contributed by atoms with Gasteiger partial charge < -0.3 is 30.5 Å². The highest BCUT2D eigenvalue weighted by Gasteiger charge is 2.39. The van der Waals surface area contributed by atoms with E-state index < -0.39 is 47.4 Å². The lowest BCUT2D eigenvalue weighted by Crippen LogP contribution is -2.63. The fourth-order valence-electron chi connectivity index (χ4n) is 6.11. The number of ether oxygens (including phenoxy) is 1. The van der Waals surface area contributed by atoms with E-state index >= 15 is 0 Å². The highest BCUT2D eigenvalue weighted by Crippen LogP contribution is 2.32. The maximum absolute atomic E-state index is 13.8. The number of hydrogen-bond acceptors (Lipinski definition) is 7. The molecule has 1 aliphatic heterocycles. The van der Waals surface area contributed by atoms with Gasteiger partial charge in [-0.2, -0.15) is 0 Å². The van der Waals surface area contributed by atoms with Gasteiger partial charge in [-0.3, -0.25) is 14.5 Å². The average Bonchev–Trinajstić information content (AvgIpc) is 3.26. The lowest BCUT2D eigenvalue weighted by atomic mass is 9.91. The van der Waals surface area contributed by atoms with E-state index in [4.69, 9.17) is 4.74 Å². The van der Waals surface area contributed by atoms with Crippen molar-refractivity contribution >= 4 is 17.9 Å². The van der Waals surface area contributed by atoms with Crippen LogP contribution in [0.25, 0.3) is 0 Å². The standard InChI is InChI=1S/C35H50N4O6/c1-34(2,3)37-32(43)28-22-39(33(44)45-35(4,5)6)17-16-38(28)21-26(40)19-25(18-23-12-8-7-9-13-23)31(42)36-30-27-15-11-10-14-24(27)20-29(30)41/h7-15,25-26,28-30,40-41H,16-22H2,1-6H3,(H,36,42)(H,37,43)/t25-,26-,28-,29+,30-/m0/s1. The Morgan fingerprint density at radius 2 is 1.64 bits per heavy atom. The molecule has 0 spiro atoms. The third-order valence-corrected chi connectivity index (χ3v) is 8.14. The van der Waals surface area contributed by atoms with E-state index in [2.05, 4.69) is 10.6 Å². The maximum atomic E-state index is 13.8. The first-order valence-corrected chi connectivity index (χ1v) is 15.9. The minimum Gasteiger partial charge on any atom is -0.444 e. The molecule has 3 amide bonds. The van der Waals surface area contributed by atoms with E-state index in [1.807, 2.05) is 80.3 Å². The molecule has 5 atom stereocenters. The van der Waals surface area contributed by atoms with E-state index in [-0.39, 0.29) is 31.3 Å². The van der Waals surface area contributed by atoms with Gasteiger partial charge in [-0.1, -0.05) is 54.6 Å². The first-order chi connectivity index (χ1) is 21.1. The van der Waals surface area contributed by atoms with E-state index in [0.29, 0.717) is 25.9 Å². The Balaban J connectivity index is 1.49. The van der Waals surface area contributed by atoms with Crippen molar-refractivity contribution in [2.24, 2.45) is 5.92 Å². The zero-order valence-corrected chi connectivity index (χ0v) is 27.5. The Morgan fingerprint density at radius 3 is 2.31 bits per heavy atom. The van der Waals surface area contributed by atoms with Crippen molar-refractivity contribution < 1.29 is 29.3 Å². The van der Waals surface area contributed by atoms with Crippen LogP contribution >= 0.6 is 0 Å². The summed E-state index contributed by atoms with van der Waals surface area (Å²) in [5.74, 6) is -1.06. The highest BCUT2D eigenvalue weighted by molar-refractivity contribution is 5.83. The number of fused-ring (bicyclic) bond motifs is 1. The first kappa shape index (κ1) is 34.4. The van der Waals surface area contributed by atoms with Crippen LogP contribution in [0.15, 0.2) is 54.6 Å². The van der Waals surface area contributed by atoms with Gasteiger partial charge in [-0.25, -0.2) is 4.79 Å². The summed E-state index contributed by atoms with van der Waals surface area (Å²) in [5.41, 5.74) is 1.73. The van der Waals surface area contributed by atoms with Gasteiger partial charge in [0, 0.05) is 44.1 Å². The second-order valence-corrected chi connectivity index (χ2v) is 14.4. The number of hydrogen-bond donors (Lipinski definition) is 4. The predicted octanol–water partition coefficient (Wildman–Crippen LogP) is 3.21. The van der Waals surface area contributed by atoms with Gasteiger partial charge in [0.2, 0.25) is 11.8 Å². The summed E-state index contributed by atoms with van der Waals surface area (Å²) in [4.78, 5) is 43.5. The molecule has 2 aliphatic rings. The van der Waals surface area contributed by atoms with E-state index in [0.717, 1.165) is 16.7 Å². The number of nitrogens with zero attached hydrogens (tertiary/aromatic N) is 2. The molecule has 1 fully saturated rings. The zero-order valence-electron chi connectivity index (χ0n) is 27.5. The van der Waals surface area contributed by atoms with Crippen molar-refractivity contribution in [3.63, 3.8) is 0 Å². The molecule has 4 rings (SSSR count). The number of aliphatic hydroxyl groups excluding tert-OH is 2. The third-order valence-electron chi connectivity index (χ3n) is 8.14. The molecule has 2 aromatic carbocycles. The van der Waals surface area contributed by atoms with Crippen LogP contribution in [-0.2, 0) is 27.2 Å². The number of aliphatic hydroxyl groups is 2. The summed E-state index contributed by atoms with van der Waals surface area (Å²) in [6.45, 7) is 12.1. The van der Waals surface area contributed by atoms with E-state index in [9.17, 15) is 24.6 Å². The molecule has 246 valence electrons. The number of carbonyl (C=O) groups excluding carboxylic acids is 3. The van der Waals surface area contributed by atoms with Crippen LogP contribution in [0.5, 0.6) is 0 Å². The molecule has 0 bridgehead atoms. The van der Waals surface area contributed by atoms with Crippen LogP contribution in [0, 0.1) is 5.92 Å². The number of amides is 3.